The van der Waals surface area contributed by atoms with Crippen LogP contribution >= 0.6 is 0 Å². The molecule has 1 fully saturated rings. The Balaban J connectivity index is 2.78. The van der Waals surface area contributed by atoms with Gasteiger partial charge in [0.1, 0.15) is 5.54 Å². The number of likely N-dealkylation sites (N-methyl/N-ethyl adjacent to an activating group) is 1. The van der Waals surface area contributed by atoms with Gasteiger partial charge in [0.15, 0.2) is 0 Å². The topological polar surface area (TPSA) is 89.9 Å². The second-order valence-corrected chi connectivity index (χ2v) is 5.37. The molecule has 1 aliphatic rings. The number of aliphatic carboxylic acids is 1. The van der Waals surface area contributed by atoms with Crippen molar-refractivity contribution in [2.75, 3.05) is 13.7 Å². The lowest BCUT2D eigenvalue weighted by atomic mass is 9.90. The van der Waals surface area contributed by atoms with E-state index < -0.39 is 17.5 Å². The first-order chi connectivity index (χ1) is 8.93. The van der Waals surface area contributed by atoms with Crippen molar-refractivity contribution in [3.63, 3.8) is 0 Å². The minimum atomic E-state index is -1.16. The van der Waals surface area contributed by atoms with Crippen molar-refractivity contribution in [3.8, 4) is 0 Å². The number of hydrogen-bond acceptors (Lipinski definition) is 3. The monoisotopic (exact) mass is 272 g/mol. The van der Waals surface area contributed by atoms with E-state index in [2.05, 4.69) is 5.32 Å². The third-order valence-electron chi connectivity index (χ3n) is 3.96. The predicted molar refractivity (Wildman–Crippen MR) is 70.9 cm³/mol. The third-order valence-corrected chi connectivity index (χ3v) is 3.96. The second kappa shape index (κ2) is 6.75. The van der Waals surface area contributed by atoms with Crippen LogP contribution in [0.3, 0.4) is 0 Å². The highest BCUT2D eigenvalue weighted by atomic mass is 16.4. The van der Waals surface area contributed by atoms with Crippen molar-refractivity contribution in [2.45, 2.75) is 57.0 Å². The molecular formula is C13H24N2O4. The maximum Gasteiger partial charge on any atom is 0.329 e. The number of urea groups is 1. The second-order valence-electron chi connectivity index (χ2n) is 5.37. The summed E-state index contributed by atoms with van der Waals surface area (Å²) < 4.78 is 0. The molecule has 1 unspecified atom stereocenters. The highest BCUT2D eigenvalue weighted by Gasteiger charge is 2.40. The number of rotatable bonds is 4. The Hall–Kier alpha value is -1.30. The lowest BCUT2D eigenvalue weighted by Gasteiger charge is -2.33. The Morgan fingerprint density at radius 3 is 2.21 bits per heavy atom. The average Bonchev–Trinajstić information content (AvgIpc) is 2.63. The fraction of sp³-hybridized carbons (Fsp3) is 0.846. The summed E-state index contributed by atoms with van der Waals surface area (Å²) in [6.45, 7) is 1.56. The maximum atomic E-state index is 12.1. The average molecular weight is 272 g/mol. The van der Waals surface area contributed by atoms with Crippen LogP contribution in [-0.2, 0) is 4.79 Å². The number of nitrogens with one attached hydrogen (secondary N) is 1. The van der Waals surface area contributed by atoms with Crippen LogP contribution in [0.4, 0.5) is 4.79 Å². The van der Waals surface area contributed by atoms with E-state index in [1.807, 2.05) is 0 Å². The van der Waals surface area contributed by atoms with Gasteiger partial charge in [0.05, 0.1) is 12.6 Å². The standard InChI is InChI=1S/C13H24N2O4/c1-10(9-16)15(2)12(19)14-13(11(17)18)7-5-3-4-6-8-13/h10,16H,3-9H2,1-2H3,(H,14,19)(H,17,18). The van der Waals surface area contributed by atoms with Gasteiger partial charge in [-0.3, -0.25) is 0 Å². The summed E-state index contributed by atoms with van der Waals surface area (Å²) in [6, 6.07) is -0.775. The molecule has 0 aliphatic heterocycles. The van der Waals surface area contributed by atoms with E-state index in [4.69, 9.17) is 5.11 Å². The van der Waals surface area contributed by atoms with Gasteiger partial charge in [-0.05, 0) is 19.8 Å². The van der Waals surface area contributed by atoms with E-state index in [0.29, 0.717) is 12.8 Å². The van der Waals surface area contributed by atoms with Crippen LogP contribution in [0.1, 0.15) is 45.4 Å². The number of amides is 2. The van der Waals surface area contributed by atoms with E-state index in [9.17, 15) is 14.7 Å². The highest BCUT2D eigenvalue weighted by Crippen LogP contribution is 2.27. The molecule has 1 aliphatic carbocycles. The molecule has 110 valence electrons. The van der Waals surface area contributed by atoms with E-state index in [-0.39, 0.29) is 12.6 Å². The minimum absolute atomic E-state index is 0.149. The smallest absolute Gasteiger partial charge is 0.329 e. The van der Waals surface area contributed by atoms with Gasteiger partial charge >= 0.3 is 12.0 Å². The van der Waals surface area contributed by atoms with Crippen molar-refractivity contribution in [3.05, 3.63) is 0 Å². The van der Waals surface area contributed by atoms with Crippen LogP contribution in [-0.4, -0.2) is 52.3 Å². The van der Waals surface area contributed by atoms with Crippen molar-refractivity contribution in [1.29, 1.82) is 0 Å². The molecule has 3 N–H and O–H groups in total. The number of hydrogen-bond donors (Lipinski definition) is 3. The third kappa shape index (κ3) is 3.83. The van der Waals surface area contributed by atoms with Crippen molar-refractivity contribution < 1.29 is 19.8 Å². The number of aliphatic hydroxyl groups excluding tert-OH is 1. The molecule has 0 radical (unpaired) electrons. The molecule has 0 aromatic carbocycles. The summed E-state index contributed by atoms with van der Waals surface area (Å²) in [5.41, 5.74) is -1.16. The summed E-state index contributed by atoms with van der Waals surface area (Å²) in [7, 11) is 1.56. The summed E-state index contributed by atoms with van der Waals surface area (Å²) in [6.07, 6.45) is 4.57. The largest absolute Gasteiger partial charge is 0.480 e. The van der Waals surface area contributed by atoms with Gasteiger partial charge in [-0.25, -0.2) is 9.59 Å². The van der Waals surface area contributed by atoms with Gasteiger partial charge in [-0.2, -0.15) is 0 Å². The van der Waals surface area contributed by atoms with Crippen LogP contribution in [0.15, 0.2) is 0 Å². The van der Waals surface area contributed by atoms with Crippen molar-refractivity contribution >= 4 is 12.0 Å². The zero-order chi connectivity index (χ0) is 14.5. The first kappa shape index (κ1) is 15.8. The van der Waals surface area contributed by atoms with Gasteiger partial charge in [0, 0.05) is 7.05 Å². The molecule has 0 bridgehead atoms. The maximum absolute atomic E-state index is 12.1. The quantitative estimate of drug-likeness (QED) is 0.670. The number of aliphatic hydroxyl groups is 1. The van der Waals surface area contributed by atoms with Gasteiger partial charge in [-0.1, -0.05) is 25.7 Å². The molecule has 6 nitrogen and oxygen atoms in total. The molecule has 1 rings (SSSR count). The number of carbonyl (C=O) groups excluding carboxylic acids is 1. The molecule has 19 heavy (non-hydrogen) atoms. The van der Waals surface area contributed by atoms with Crippen LogP contribution < -0.4 is 5.32 Å². The van der Waals surface area contributed by atoms with E-state index >= 15 is 0 Å². The molecule has 2 amide bonds. The Labute approximate surface area is 113 Å². The molecule has 1 atom stereocenters. The highest BCUT2D eigenvalue weighted by molar-refractivity contribution is 5.86. The van der Waals surface area contributed by atoms with Crippen LogP contribution in [0.2, 0.25) is 0 Å². The SMILES string of the molecule is CC(CO)N(C)C(=O)NC1(C(=O)O)CCCCCC1. The van der Waals surface area contributed by atoms with Crippen LogP contribution in [0, 0.1) is 0 Å². The molecule has 0 aromatic rings. The van der Waals surface area contributed by atoms with Crippen LogP contribution in [0.25, 0.3) is 0 Å². The van der Waals surface area contributed by atoms with Gasteiger partial charge in [0.25, 0.3) is 0 Å². The fourth-order valence-corrected chi connectivity index (χ4v) is 2.34. The lowest BCUT2D eigenvalue weighted by Crippen LogP contribution is -2.58. The Bertz CT molecular complexity index is 325. The molecule has 0 heterocycles. The summed E-state index contributed by atoms with van der Waals surface area (Å²) >= 11 is 0. The Morgan fingerprint density at radius 2 is 1.79 bits per heavy atom. The lowest BCUT2D eigenvalue weighted by molar-refractivity contribution is -0.145. The number of carboxylic acids is 1. The summed E-state index contributed by atoms with van der Waals surface area (Å²) in [5.74, 6) is -0.965. The van der Waals surface area contributed by atoms with Gasteiger partial charge < -0.3 is 20.4 Å². The molecule has 0 spiro atoms. The molecular weight excluding hydrogens is 248 g/mol. The normalized spacial score (nSPS) is 20.2. The predicted octanol–water partition coefficient (Wildman–Crippen LogP) is 1.19. The number of carboxylic acid groups (broad SMARTS) is 1. The van der Waals surface area contributed by atoms with Gasteiger partial charge in [0.2, 0.25) is 0 Å². The van der Waals surface area contributed by atoms with Crippen LogP contribution in [0.5, 0.6) is 0 Å². The molecule has 0 aromatic heterocycles. The van der Waals surface area contributed by atoms with E-state index in [0.717, 1.165) is 25.7 Å². The zero-order valence-corrected chi connectivity index (χ0v) is 11.7. The number of nitrogens with zero attached hydrogens (tertiary/aromatic N) is 1. The minimum Gasteiger partial charge on any atom is -0.480 e. The number of carbonyl (C=O) groups is 2. The fourth-order valence-electron chi connectivity index (χ4n) is 2.34. The molecule has 0 saturated heterocycles. The molecule has 6 heteroatoms. The zero-order valence-electron chi connectivity index (χ0n) is 11.7. The summed E-state index contributed by atoms with van der Waals surface area (Å²) in [4.78, 5) is 25.0. The molecule has 1 saturated carbocycles. The Kier molecular flexibility index (Phi) is 5.60. The first-order valence-corrected chi connectivity index (χ1v) is 6.82. The van der Waals surface area contributed by atoms with Gasteiger partial charge in [-0.15, -0.1) is 0 Å². The van der Waals surface area contributed by atoms with E-state index in [1.165, 1.54) is 4.90 Å². The van der Waals surface area contributed by atoms with Crippen molar-refractivity contribution in [2.24, 2.45) is 0 Å². The summed E-state index contributed by atoms with van der Waals surface area (Å²) in [5, 5.41) is 21.2. The first-order valence-electron chi connectivity index (χ1n) is 6.82. The van der Waals surface area contributed by atoms with Crippen molar-refractivity contribution in [1.82, 2.24) is 10.2 Å². The Morgan fingerprint density at radius 1 is 1.26 bits per heavy atom. The van der Waals surface area contributed by atoms with E-state index in [1.54, 1.807) is 14.0 Å².